The number of likely N-dealkylation sites (tertiary alicyclic amines) is 1. The summed E-state index contributed by atoms with van der Waals surface area (Å²) in [6.45, 7) is 1.43. The number of hydrogen-bond acceptors (Lipinski definition) is 3. The van der Waals surface area contributed by atoms with E-state index < -0.39 is 0 Å². The molecule has 33 heavy (non-hydrogen) atoms. The van der Waals surface area contributed by atoms with E-state index >= 15 is 0 Å². The van der Waals surface area contributed by atoms with Crippen LogP contribution >= 0.6 is 0 Å². The van der Waals surface area contributed by atoms with Crippen molar-refractivity contribution in [3.63, 3.8) is 0 Å². The summed E-state index contributed by atoms with van der Waals surface area (Å²) in [6.07, 6.45) is 8.06. The van der Waals surface area contributed by atoms with Crippen molar-refractivity contribution in [3.8, 4) is 0 Å². The largest absolute Gasteiger partial charge is 0.339 e. The highest BCUT2D eigenvalue weighted by Gasteiger charge is 2.42. The van der Waals surface area contributed by atoms with Gasteiger partial charge in [0.15, 0.2) is 0 Å². The molecule has 2 aliphatic heterocycles. The second kappa shape index (κ2) is 9.22. The predicted octanol–water partition coefficient (Wildman–Crippen LogP) is 4.06. The van der Waals surface area contributed by atoms with Gasteiger partial charge in [-0.15, -0.1) is 0 Å². The van der Waals surface area contributed by atoms with Gasteiger partial charge < -0.3 is 4.90 Å². The molecule has 0 bridgehead atoms. The summed E-state index contributed by atoms with van der Waals surface area (Å²) in [5.41, 5.74) is 5.16. The molecule has 0 saturated carbocycles. The third kappa shape index (κ3) is 4.30. The van der Waals surface area contributed by atoms with Crippen LogP contribution in [0.3, 0.4) is 0 Å². The fraction of sp³-hybridized carbons (Fsp3) is 0.370. The molecule has 0 aromatic heterocycles. The van der Waals surface area contributed by atoms with Crippen molar-refractivity contribution >= 4 is 23.4 Å². The number of hydrazine groups is 1. The van der Waals surface area contributed by atoms with E-state index in [1.165, 1.54) is 10.6 Å². The lowest BCUT2D eigenvalue weighted by molar-refractivity contribution is -0.139. The Morgan fingerprint density at radius 1 is 0.879 bits per heavy atom. The normalized spacial score (nSPS) is 25.3. The van der Waals surface area contributed by atoms with Gasteiger partial charge in [-0.2, -0.15) is 0 Å². The van der Waals surface area contributed by atoms with Crippen molar-refractivity contribution in [1.29, 1.82) is 0 Å². The van der Waals surface area contributed by atoms with E-state index in [0.29, 0.717) is 36.6 Å². The van der Waals surface area contributed by atoms with Crippen molar-refractivity contribution in [2.75, 3.05) is 18.1 Å². The SMILES string of the molecule is O=C1NN(c2cccc(C(=O)N3CCCC(c4ccccc4)CC3)c2)C(=O)C2CC=CCC12. The van der Waals surface area contributed by atoms with E-state index in [1.54, 1.807) is 24.3 Å². The van der Waals surface area contributed by atoms with Crippen LogP contribution in [-0.4, -0.2) is 35.7 Å². The first-order valence-electron chi connectivity index (χ1n) is 11.9. The van der Waals surface area contributed by atoms with Crippen LogP contribution in [0.25, 0.3) is 0 Å². The summed E-state index contributed by atoms with van der Waals surface area (Å²) in [6, 6.07) is 17.6. The summed E-state index contributed by atoms with van der Waals surface area (Å²) in [4.78, 5) is 40.9. The summed E-state index contributed by atoms with van der Waals surface area (Å²) < 4.78 is 0. The third-order valence-electron chi connectivity index (χ3n) is 7.17. The Morgan fingerprint density at radius 3 is 2.48 bits per heavy atom. The Labute approximate surface area is 194 Å². The Balaban J connectivity index is 1.31. The number of nitrogens with one attached hydrogen (secondary N) is 1. The van der Waals surface area contributed by atoms with Gasteiger partial charge in [-0.3, -0.25) is 19.8 Å². The van der Waals surface area contributed by atoms with Crippen LogP contribution < -0.4 is 10.4 Å². The van der Waals surface area contributed by atoms with Crippen LogP contribution in [0.15, 0.2) is 66.7 Å². The predicted molar refractivity (Wildman–Crippen MR) is 126 cm³/mol. The minimum absolute atomic E-state index is 0.0279. The van der Waals surface area contributed by atoms with Gasteiger partial charge in [0.2, 0.25) is 11.8 Å². The van der Waals surface area contributed by atoms with E-state index in [4.69, 9.17) is 0 Å². The molecule has 5 rings (SSSR count). The Morgan fingerprint density at radius 2 is 1.67 bits per heavy atom. The maximum absolute atomic E-state index is 13.3. The molecule has 3 unspecified atom stereocenters. The second-order valence-corrected chi connectivity index (χ2v) is 9.19. The smallest absolute Gasteiger partial charge is 0.253 e. The number of hydrogen-bond donors (Lipinski definition) is 1. The molecule has 2 aromatic carbocycles. The van der Waals surface area contributed by atoms with Gasteiger partial charge in [-0.1, -0.05) is 48.6 Å². The number of rotatable bonds is 3. The zero-order chi connectivity index (χ0) is 22.8. The molecule has 3 aliphatic rings. The maximum Gasteiger partial charge on any atom is 0.253 e. The highest BCUT2D eigenvalue weighted by atomic mass is 16.2. The molecule has 2 aromatic rings. The molecule has 1 aliphatic carbocycles. The van der Waals surface area contributed by atoms with Gasteiger partial charge in [-0.05, 0) is 61.8 Å². The van der Waals surface area contributed by atoms with Crippen LogP contribution in [0, 0.1) is 11.8 Å². The Hall–Kier alpha value is -3.41. The van der Waals surface area contributed by atoms with E-state index in [0.717, 1.165) is 25.8 Å². The summed E-state index contributed by atoms with van der Waals surface area (Å²) in [7, 11) is 0. The number of allylic oxidation sites excluding steroid dienone is 2. The molecule has 3 amide bonds. The first kappa shape index (κ1) is 21.4. The average molecular weight is 444 g/mol. The summed E-state index contributed by atoms with van der Waals surface area (Å²) in [5, 5.41) is 1.33. The minimum Gasteiger partial charge on any atom is -0.339 e. The topological polar surface area (TPSA) is 69.7 Å². The monoisotopic (exact) mass is 443 g/mol. The van der Waals surface area contributed by atoms with Crippen LogP contribution in [0.1, 0.15) is 53.9 Å². The van der Waals surface area contributed by atoms with Gasteiger partial charge in [-0.25, -0.2) is 5.01 Å². The average Bonchev–Trinajstić information content (AvgIpc) is 3.13. The Bertz CT molecular complexity index is 1080. The lowest BCUT2D eigenvalue weighted by Crippen LogP contribution is -2.59. The molecule has 2 saturated heterocycles. The Kier molecular flexibility index (Phi) is 5.99. The molecule has 2 heterocycles. The highest BCUT2D eigenvalue weighted by Crippen LogP contribution is 2.33. The first-order valence-corrected chi connectivity index (χ1v) is 11.9. The molecule has 0 spiro atoms. The maximum atomic E-state index is 13.3. The molecule has 170 valence electrons. The lowest BCUT2D eigenvalue weighted by atomic mass is 9.80. The number of amides is 3. The summed E-state index contributed by atoms with van der Waals surface area (Å²) >= 11 is 0. The van der Waals surface area contributed by atoms with Gasteiger partial charge in [0.25, 0.3) is 5.91 Å². The zero-order valence-electron chi connectivity index (χ0n) is 18.7. The lowest BCUT2D eigenvalue weighted by Gasteiger charge is -2.38. The van der Waals surface area contributed by atoms with Crippen molar-refractivity contribution in [3.05, 3.63) is 77.9 Å². The summed E-state index contributed by atoms with van der Waals surface area (Å²) in [5.74, 6) is -0.468. The molecule has 1 N–H and O–H groups in total. The first-order chi connectivity index (χ1) is 16.1. The fourth-order valence-electron chi connectivity index (χ4n) is 5.30. The van der Waals surface area contributed by atoms with Gasteiger partial charge in [0.05, 0.1) is 17.5 Å². The number of carbonyl (C=O) groups excluding carboxylic acids is 3. The quantitative estimate of drug-likeness (QED) is 0.728. The number of benzene rings is 2. The molecular weight excluding hydrogens is 414 g/mol. The molecular formula is C27H29N3O3. The van der Waals surface area contributed by atoms with E-state index in [9.17, 15) is 14.4 Å². The number of nitrogens with zero attached hydrogens (tertiary/aromatic N) is 2. The zero-order valence-corrected chi connectivity index (χ0v) is 18.7. The standard InChI is InChI=1S/C27H29N3O3/c31-25-23-13-4-5-14-24(23)27(33)30(28-25)22-12-6-10-21(18-22)26(32)29-16-7-11-20(15-17-29)19-8-2-1-3-9-19/h1-6,8-10,12,18,20,23-24H,7,11,13-17H2,(H,28,31). The minimum atomic E-state index is -0.344. The number of anilines is 1. The van der Waals surface area contributed by atoms with Crippen molar-refractivity contribution in [2.45, 2.75) is 38.0 Å². The van der Waals surface area contributed by atoms with Gasteiger partial charge in [0.1, 0.15) is 0 Å². The number of fused-ring (bicyclic) bond motifs is 1. The van der Waals surface area contributed by atoms with E-state index in [1.807, 2.05) is 23.1 Å². The second-order valence-electron chi connectivity index (χ2n) is 9.19. The molecule has 2 fully saturated rings. The molecule has 6 nitrogen and oxygen atoms in total. The van der Waals surface area contributed by atoms with Crippen molar-refractivity contribution < 1.29 is 14.4 Å². The van der Waals surface area contributed by atoms with Crippen molar-refractivity contribution in [1.82, 2.24) is 10.3 Å². The highest BCUT2D eigenvalue weighted by molar-refractivity contribution is 6.05. The van der Waals surface area contributed by atoms with Gasteiger partial charge >= 0.3 is 0 Å². The number of carbonyl (C=O) groups is 3. The van der Waals surface area contributed by atoms with Crippen LogP contribution in [0.2, 0.25) is 0 Å². The van der Waals surface area contributed by atoms with Gasteiger partial charge in [0, 0.05) is 18.7 Å². The third-order valence-corrected chi connectivity index (χ3v) is 7.17. The van der Waals surface area contributed by atoms with E-state index in [2.05, 4.69) is 29.7 Å². The van der Waals surface area contributed by atoms with Crippen molar-refractivity contribution in [2.24, 2.45) is 11.8 Å². The van der Waals surface area contributed by atoms with Crippen LogP contribution in [-0.2, 0) is 9.59 Å². The van der Waals surface area contributed by atoms with E-state index in [-0.39, 0.29) is 29.6 Å². The molecule has 6 heteroatoms. The van der Waals surface area contributed by atoms with Crippen LogP contribution in [0.5, 0.6) is 0 Å². The molecule has 3 atom stereocenters. The fourth-order valence-corrected chi connectivity index (χ4v) is 5.30. The molecule has 0 radical (unpaired) electrons. The van der Waals surface area contributed by atoms with Crippen LogP contribution in [0.4, 0.5) is 5.69 Å².